The molecule has 3 aromatic carbocycles. The van der Waals surface area contributed by atoms with Gasteiger partial charge in [0.25, 0.3) is 0 Å². The Morgan fingerprint density at radius 2 is 1.58 bits per heavy atom. The van der Waals surface area contributed by atoms with Gasteiger partial charge in [-0.25, -0.2) is 14.0 Å². The number of fused-ring (bicyclic) bond motifs is 3. The minimum Gasteiger partial charge on any atom is -0.478 e. The third-order valence-electron chi connectivity index (χ3n) is 5.45. The number of carboxylic acid groups (broad SMARTS) is 1. The van der Waals surface area contributed by atoms with Gasteiger partial charge in [-0.1, -0.05) is 48.5 Å². The van der Waals surface area contributed by atoms with E-state index in [1.54, 1.807) is 0 Å². The van der Waals surface area contributed by atoms with Gasteiger partial charge in [-0.15, -0.1) is 0 Å². The highest BCUT2D eigenvalue weighted by Crippen LogP contribution is 2.44. The lowest BCUT2D eigenvalue weighted by molar-refractivity contribution is -0.116. The number of aromatic carboxylic acids is 1. The highest BCUT2D eigenvalue weighted by Gasteiger charge is 2.28. The lowest BCUT2D eigenvalue weighted by Crippen LogP contribution is -2.29. The zero-order valence-electron chi connectivity index (χ0n) is 17.5. The molecule has 0 aliphatic heterocycles. The summed E-state index contributed by atoms with van der Waals surface area (Å²) in [6, 6.07) is 19.3. The number of hydrogen-bond donors (Lipinski definition) is 3. The molecule has 33 heavy (non-hydrogen) atoms. The van der Waals surface area contributed by atoms with Gasteiger partial charge in [0, 0.05) is 24.6 Å². The van der Waals surface area contributed by atoms with E-state index >= 15 is 0 Å². The van der Waals surface area contributed by atoms with Gasteiger partial charge in [0.1, 0.15) is 12.4 Å². The molecule has 0 radical (unpaired) electrons. The Balaban J connectivity index is 1.26. The van der Waals surface area contributed by atoms with Crippen molar-refractivity contribution in [3.8, 4) is 11.1 Å². The molecule has 0 aromatic heterocycles. The van der Waals surface area contributed by atoms with E-state index in [1.807, 2.05) is 48.5 Å². The number of nitrogens with one attached hydrogen (secondary N) is 2. The number of rotatable bonds is 7. The predicted octanol–water partition coefficient (Wildman–Crippen LogP) is 4.39. The summed E-state index contributed by atoms with van der Waals surface area (Å²) in [4.78, 5) is 35.2. The Labute approximate surface area is 189 Å². The number of carbonyl (C=O) groups is 3. The van der Waals surface area contributed by atoms with Crippen LogP contribution in [0.2, 0.25) is 0 Å². The van der Waals surface area contributed by atoms with Crippen molar-refractivity contribution < 1.29 is 28.6 Å². The van der Waals surface area contributed by atoms with Crippen molar-refractivity contribution in [2.45, 2.75) is 12.3 Å². The van der Waals surface area contributed by atoms with E-state index in [0.717, 1.165) is 34.4 Å². The van der Waals surface area contributed by atoms with Gasteiger partial charge < -0.3 is 20.5 Å². The molecule has 4 rings (SSSR count). The van der Waals surface area contributed by atoms with Crippen LogP contribution in [-0.2, 0) is 9.53 Å². The zero-order chi connectivity index (χ0) is 23.4. The fourth-order valence-electron chi connectivity index (χ4n) is 3.92. The summed E-state index contributed by atoms with van der Waals surface area (Å²) in [6.45, 7) is 0.190. The minimum atomic E-state index is -1.43. The van der Waals surface area contributed by atoms with Crippen LogP contribution in [0.5, 0.6) is 0 Å². The summed E-state index contributed by atoms with van der Waals surface area (Å²) in [5.74, 6) is -2.84. The van der Waals surface area contributed by atoms with Gasteiger partial charge in [0.2, 0.25) is 5.91 Å². The van der Waals surface area contributed by atoms with Crippen LogP contribution in [0.25, 0.3) is 11.1 Å². The second-order valence-electron chi connectivity index (χ2n) is 7.55. The molecule has 0 unspecified atom stereocenters. The predicted molar refractivity (Wildman–Crippen MR) is 120 cm³/mol. The number of carboxylic acids is 1. The Morgan fingerprint density at radius 1 is 0.939 bits per heavy atom. The first-order chi connectivity index (χ1) is 15.9. The van der Waals surface area contributed by atoms with Crippen molar-refractivity contribution >= 4 is 23.7 Å². The monoisotopic (exact) mass is 448 g/mol. The largest absolute Gasteiger partial charge is 0.478 e. The standard InChI is InChI=1S/C25H21FN2O5/c26-22-10-9-15(13-20(22)24(30)31)28-23(29)11-12-27-25(32)33-14-21-18-7-3-1-5-16(18)17-6-2-4-8-19(17)21/h1-10,13,21H,11-12,14H2,(H,27,32)(H,28,29)(H,30,31). The molecule has 1 aliphatic carbocycles. The number of hydrogen-bond acceptors (Lipinski definition) is 4. The quantitative estimate of drug-likeness (QED) is 0.497. The molecule has 3 N–H and O–H groups in total. The Bertz CT molecular complexity index is 1180. The maximum absolute atomic E-state index is 13.4. The molecule has 0 bridgehead atoms. The van der Waals surface area contributed by atoms with Crippen LogP contribution in [0, 0.1) is 5.82 Å². The molecule has 2 amide bonds. The van der Waals surface area contributed by atoms with Gasteiger partial charge in [0.05, 0.1) is 5.56 Å². The first-order valence-corrected chi connectivity index (χ1v) is 10.4. The minimum absolute atomic E-state index is 0.0233. The molecule has 0 saturated carbocycles. The van der Waals surface area contributed by atoms with E-state index in [1.165, 1.54) is 6.07 Å². The van der Waals surface area contributed by atoms with E-state index in [-0.39, 0.29) is 31.2 Å². The van der Waals surface area contributed by atoms with Crippen molar-refractivity contribution in [3.05, 3.63) is 89.2 Å². The smallest absolute Gasteiger partial charge is 0.407 e. The molecule has 0 spiro atoms. The highest BCUT2D eigenvalue weighted by molar-refractivity contribution is 5.94. The van der Waals surface area contributed by atoms with Crippen molar-refractivity contribution in [3.63, 3.8) is 0 Å². The first kappa shape index (κ1) is 22.0. The van der Waals surface area contributed by atoms with Crippen LogP contribution < -0.4 is 10.6 Å². The number of benzene rings is 3. The molecular formula is C25H21FN2O5. The van der Waals surface area contributed by atoms with Crippen molar-refractivity contribution in [1.29, 1.82) is 0 Å². The number of amides is 2. The van der Waals surface area contributed by atoms with Crippen molar-refractivity contribution in [2.75, 3.05) is 18.5 Å². The summed E-state index contributed by atoms with van der Waals surface area (Å²) in [6.07, 6.45) is -0.705. The highest BCUT2D eigenvalue weighted by atomic mass is 19.1. The number of anilines is 1. The van der Waals surface area contributed by atoms with Gasteiger partial charge >= 0.3 is 12.1 Å². The number of halogens is 1. The van der Waals surface area contributed by atoms with Gasteiger partial charge in [0.15, 0.2) is 0 Å². The van der Waals surface area contributed by atoms with Crippen LogP contribution >= 0.6 is 0 Å². The topological polar surface area (TPSA) is 105 Å². The molecule has 0 saturated heterocycles. The SMILES string of the molecule is O=C(CCNC(=O)OCC1c2ccccc2-c2ccccc21)Nc1ccc(F)c(C(=O)O)c1. The average molecular weight is 448 g/mol. The van der Waals surface area contributed by atoms with Crippen LogP contribution in [-0.4, -0.2) is 36.2 Å². The molecule has 0 heterocycles. The Morgan fingerprint density at radius 3 is 2.21 bits per heavy atom. The van der Waals surface area contributed by atoms with Gasteiger partial charge in [-0.2, -0.15) is 0 Å². The third-order valence-corrected chi connectivity index (χ3v) is 5.45. The Hall–Kier alpha value is -4.20. The van der Waals surface area contributed by atoms with Crippen LogP contribution in [0.15, 0.2) is 66.7 Å². The summed E-state index contributed by atoms with van der Waals surface area (Å²) in [5, 5.41) is 14.0. The maximum atomic E-state index is 13.4. The van der Waals surface area contributed by atoms with E-state index in [4.69, 9.17) is 9.84 Å². The van der Waals surface area contributed by atoms with E-state index < -0.39 is 29.4 Å². The second-order valence-corrected chi connectivity index (χ2v) is 7.55. The molecule has 168 valence electrons. The average Bonchev–Trinajstić information content (AvgIpc) is 3.12. The Kier molecular flexibility index (Phi) is 6.35. The summed E-state index contributed by atoms with van der Waals surface area (Å²) >= 11 is 0. The fourth-order valence-corrected chi connectivity index (χ4v) is 3.92. The lowest BCUT2D eigenvalue weighted by Gasteiger charge is -2.14. The maximum Gasteiger partial charge on any atom is 0.407 e. The van der Waals surface area contributed by atoms with E-state index in [0.29, 0.717) is 0 Å². The molecule has 7 nitrogen and oxygen atoms in total. The number of ether oxygens (including phenoxy) is 1. The molecule has 1 aliphatic rings. The van der Waals surface area contributed by atoms with Gasteiger partial charge in [-0.05, 0) is 40.5 Å². The van der Waals surface area contributed by atoms with Crippen LogP contribution in [0.3, 0.4) is 0 Å². The molecule has 3 aromatic rings. The molecular weight excluding hydrogens is 427 g/mol. The lowest BCUT2D eigenvalue weighted by atomic mass is 9.98. The number of carbonyl (C=O) groups excluding carboxylic acids is 2. The van der Waals surface area contributed by atoms with Crippen molar-refractivity contribution in [1.82, 2.24) is 5.32 Å². The second kappa shape index (κ2) is 9.52. The summed E-state index contributed by atoms with van der Waals surface area (Å²) in [5.41, 5.74) is 4.08. The summed E-state index contributed by atoms with van der Waals surface area (Å²) in [7, 11) is 0. The molecule has 0 fully saturated rings. The van der Waals surface area contributed by atoms with Gasteiger partial charge in [-0.3, -0.25) is 4.79 Å². The summed E-state index contributed by atoms with van der Waals surface area (Å²) < 4.78 is 18.8. The third kappa shape index (κ3) is 4.85. The fraction of sp³-hybridized carbons (Fsp3) is 0.160. The van der Waals surface area contributed by atoms with E-state index in [9.17, 15) is 18.8 Å². The normalized spacial score (nSPS) is 11.9. The van der Waals surface area contributed by atoms with Crippen LogP contribution in [0.1, 0.15) is 33.8 Å². The molecule has 8 heteroatoms. The first-order valence-electron chi connectivity index (χ1n) is 10.4. The molecule has 0 atom stereocenters. The number of alkyl carbamates (subject to hydrolysis) is 1. The van der Waals surface area contributed by atoms with Crippen molar-refractivity contribution in [2.24, 2.45) is 0 Å². The van der Waals surface area contributed by atoms with E-state index in [2.05, 4.69) is 10.6 Å². The zero-order valence-corrected chi connectivity index (χ0v) is 17.5. The van der Waals surface area contributed by atoms with Crippen LogP contribution in [0.4, 0.5) is 14.9 Å².